The highest BCUT2D eigenvalue weighted by atomic mass is 35.5. The summed E-state index contributed by atoms with van der Waals surface area (Å²) in [6, 6.07) is 11.0. The Balaban J connectivity index is 0.00000364. The van der Waals surface area contributed by atoms with Gasteiger partial charge in [0.05, 0.1) is 12.1 Å². The van der Waals surface area contributed by atoms with Gasteiger partial charge in [-0.25, -0.2) is 4.79 Å². The Bertz CT molecular complexity index is 728. The number of pyridine rings is 1. The summed E-state index contributed by atoms with van der Waals surface area (Å²) in [5, 5.41) is 2.65. The van der Waals surface area contributed by atoms with E-state index >= 15 is 0 Å². The molecule has 1 aromatic carbocycles. The third-order valence-corrected chi connectivity index (χ3v) is 3.65. The Morgan fingerprint density at radius 3 is 2.41 bits per heavy atom. The molecule has 0 aliphatic rings. The molecule has 0 atom stereocenters. The lowest BCUT2D eigenvalue weighted by Crippen LogP contribution is -2.28. The summed E-state index contributed by atoms with van der Waals surface area (Å²) < 4.78 is 10.4. The summed E-state index contributed by atoms with van der Waals surface area (Å²) >= 11 is 0. The first-order valence-corrected chi connectivity index (χ1v) is 8.43. The molecule has 27 heavy (non-hydrogen) atoms. The Kier molecular flexibility index (Phi) is 8.75. The number of amides is 1. The molecule has 0 fully saturated rings. The maximum absolute atomic E-state index is 11.8. The fourth-order valence-electron chi connectivity index (χ4n) is 2.16. The Morgan fingerprint density at radius 2 is 1.81 bits per heavy atom. The van der Waals surface area contributed by atoms with E-state index in [9.17, 15) is 9.59 Å². The largest absolute Gasteiger partial charge is 0.482 e. The maximum atomic E-state index is 11.8. The molecule has 0 radical (unpaired) electrons. The van der Waals surface area contributed by atoms with E-state index in [0.29, 0.717) is 11.3 Å². The smallest absolute Gasteiger partial charge is 0.344 e. The minimum Gasteiger partial charge on any atom is -0.482 e. The minimum atomic E-state index is -0.486. The van der Waals surface area contributed by atoms with E-state index in [1.807, 2.05) is 24.3 Å². The van der Waals surface area contributed by atoms with E-state index in [2.05, 4.69) is 31.1 Å². The Morgan fingerprint density at radius 1 is 1.11 bits per heavy atom. The number of halogens is 1. The third kappa shape index (κ3) is 7.66. The van der Waals surface area contributed by atoms with Crippen LogP contribution in [0.3, 0.4) is 0 Å². The molecule has 1 aromatic heterocycles. The van der Waals surface area contributed by atoms with Crippen LogP contribution >= 0.6 is 12.4 Å². The zero-order chi connectivity index (χ0) is 19.0. The van der Waals surface area contributed by atoms with Crippen molar-refractivity contribution in [3.63, 3.8) is 0 Å². The van der Waals surface area contributed by atoms with Gasteiger partial charge in [-0.3, -0.25) is 9.78 Å². The summed E-state index contributed by atoms with van der Waals surface area (Å²) in [5.41, 5.74) is 1.72. The quantitative estimate of drug-likeness (QED) is 0.578. The van der Waals surface area contributed by atoms with Gasteiger partial charge in [0.15, 0.2) is 6.61 Å². The highest BCUT2D eigenvalue weighted by Gasteiger charge is 2.13. The first-order valence-electron chi connectivity index (χ1n) is 8.43. The number of ether oxygens (including phenoxy) is 2. The van der Waals surface area contributed by atoms with Crippen LogP contribution in [0.5, 0.6) is 5.75 Å². The van der Waals surface area contributed by atoms with Crippen molar-refractivity contribution in [2.75, 3.05) is 19.8 Å². The van der Waals surface area contributed by atoms with Crippen LogP contribution < -0.4 is 10.1 Å². The molecule has 7 heteroatoms. The van der Waals surface area contributed by atoms with Crippen molar-refractivity contribution in [3.8, 4) is 5.75 Å². The van der Waals surface area contributed by atoms with Gasteiger partial charge in [0.2, 0.25) is 0 Å². The second kappa shape index (κ2) is 10.5. The van der Waals surface area contributed by atoms with Gasteiger partial charge in [-0.2, -0.15) is 0 Å². The van der Waals surface area contributed by atoms with E-state index in [1.54, 1.807) is 18.3 Å². The minimum absolute atomic E-state index is 0. The summed E-state index contributed by atoms with van der Waals surface area (Å²) in [7, 11) is 0. The van der Waals surface area contributed by atoms with E-state index < -0.39 is 5.97 Å². The number of nitrogens with one attached hydrogen (secondary N) is 1. The van der Waals surface area contributed by atoms with Crippen LogP contribution in [-0.4, -0.2) is 36.6 Å². The van der Waals surface area contributed by atoms with E-state index in [-0.39, 0.29) is 43.5 Å². The van der Waals surface area contributed by atoms with E-state index in [1.165, 1.54) is 11.8 Å². The van der Waals surface area contributed by atoms with Crippen LogP contribution in [0.15, 0.2) is 48.8 Å². The number of carbonyl (C=O) groups is 2. The number of benzene rings is 1. The molecular formula is C20H25ClN2O4. The fraction of sp³-hybridized carbons (Fsp3) is 0.350. The highest BCUT2D eigenvalue weighted by Crippen LogP contribution is 2.24. The molecule has 0 spiro atoms. The summed E-state index contributed by atoms with van der Waals surface area (Å²) in [6.45, 7) is 6.52. The molecule has 0 unspecified atom stereocenters. The number of rotatable bonds is 7. The number of aromatic nitrogens is 1. The Hall–Kier alpha value is -2.60. The lowest BCUT2D eigenvalue weighted by atomic mass is 9.87. The van der Waals surface area contributed by atoms with Crippen molar-refractivity contribution >= 4 is 24.3 Å². The monoisotopic (exact) mass is 392 g/mol. The lowest BCUT2D eigenvalue weighted by Gasteiger charge is -2.19. The average Bonchev–Trinajstić information content (AvgIpc) is 2.63. The van der Waals surface area contributed by atoms with Gasteiger partial charge in [-0.15, -0.1) is 12.4 Å². The van der Waals surface area contributed by atoms with Crippen LogP contribution in [0.2, 0.25) is 0 Å². The predicted molar refractivity (Wildman–Crippen MR) is 105 cm³/mol. The zero-order valence-electron chi connectivity index (χ0n) is 15.7. The van der Waals surface area contributed by atoms with Gasteiger partial charge >= 0.3 is 5.97 Å². The molecule has 1 heterocycles. The number of nitrogens with zero attached hydrogens (tertiary/aromatic N) is 1. The molecule has 2 rings (SSSR count). The maximum Gasteiger partial charge on any atom is 0.344 e. The molecular weight excluding hydrogens is 368 g/mol. The van der Waals surface area contributed by atoms with Crippen molar-refractivity contribution in [1.82, 2.24) is 10.3 Å². The first kappa shape index (κ1) is 22.4. The van der Waals surface area contributed by atoms with Crippen molar-refractivity contribution in [2.45, 2.75) is 26.2 Å². The van der Waals surface area contributed by atoms with Gasteiger partial charge in [0, 0.05) is 12.4 Å². The molecule has 1 amide bonds. The molecule has 146 valence electrons. The standard InChI is InChI=1S/C20H24N2O4.ClH/c1-20(2,3)16-6-8-17(9-7-16)26-14-18(23)25-12-11-22-19(24)15-5-4-10-21-13-15;/h4-10,13H,11-12,14H2,1-3H3,(H,22,24);1H. The zero-order valence-corrected chi connectivity index (χ0v) is 16.5. The first-order chi connectivity index (χ1) is 12.4. The van der Waals surface area contributed by atoms with Gasteiger partial charge in [0.1, 0.15) is 12.4 Å². The van der Waals surface area contributed by atoms with Crippen molar-refractivity contribution < 1.29 is 19.1 Å². The fourth-order valence-corrected chi connectivity index (χ4v) is 2.16. The van der Waals surface area contributed by atoms with Gasteiger partial charge in [-0.05, 0) is 35.2 Å². The van der Waals surface area contributed by atoms with Crippen molar-refractivity contribution in [3.05, 3.63) is 59.9 Å². The van der Waals surface area contributed by atoms with Crippen LogP contribution in [0, 0.1) is 0 Å². The average molecular weight is 393 g/mol. The topological polar surface area (TPSA) is 77.5 Å². The van der Waals surface area contributed by atoms with Crippen LogP contribution in [0.1, 0.15) is 36.7 Å². The molecule has 0 bridgehead atoms. The van der Waals surface area contributed by atoms with Crippen LogP contribution in [0.25, 0.3) is 0 Å². The van der Waals surface area contributed by atoms with Crippen molar-refractivity contribution in [1.29, 1.82) is 0 Å². The summed E-state index contributed by atoms with van der Waals surface area (Å²) in [6.07, 6.45) is 3.06. The molecule has 0 aliphatic heterocycles. The van der Waals surface area contributed by atoms with Crippen LogP contribution in [-0.2, 0) is 14.9 Å². The molecule has 0 saturated carbocycles. The number of hydrogen-bond donors (Lipinski definition) is 1. The van der Waals surface area contributed by atoms with Gasteiger partial charge < -0.3 is 14.8 Å². The number of hydrogen-bond acceptors (Lipinski definition) is 5. The second-order valence-corrected chi connectivity index (χ2v) is 6.78. The van der Waals surface area contributed by atoms with E-state index in [0.717, 1.165) is 0 Å². The SMILES string of the molecule is CC(C)(C)c1ccc(OCC(=O)OCCNC(=O)c2cccnc2)cc1.Cl. The summed E-state index contributed by atoms with van der Waals surface area (Å²) in [5.74, 6) is -0.135. The van der Waals surface area contributed by atoms with Crippen LogP contribution in [0.4, 0.5) is 0 Å². The highest BCUT2D eigenvalue weighted by molar-refractivity contribution is 5.93. The predicted octanol–water partition coefficient (Wildman–Crippen LogP) is 3.15. The van der Waals surface area contributed by atoms with Gasteiger partial charge in [-0.1, -0.05) is 32.9 Å². The van der Waals surface area contributed by atoms with Gasteiger partial charge in [0.25, 0.3) is 5.91 Å². The molecule has 2 aromatic rings. The van der Waals surface area contributed by atoms with E-state index in [4.69, 9.17) is 9.47 Å². The molecule has 6 nitrogen and oxygen atoms in total. The molecule has 0 aliphatic carbocycles. The Labute approximate surface area is 165 Å². The molecule has 1 N–H and O–H groups in total. The van der Waals surface area contributed by atoms with Crippen molar-refractivity contribution in [2.24, 2.45) is 0 Å². The molecule has 0 saturated heterocycles. The number of esters is 1. The normalized spacial score (nSPS) is 10.5. The number of carbonyl (C=O) groups excluding carboxylic acids is 2. The third-order valence-electron chi connectivity index (χ3n) is 3.65. The lowest BCUT2D eigenvalue weighted by molar-refractivity contribution is -0.145. The summed E-state index contributed by atoms with van der Waals surface area (Å²) in [4.78, 5) is 27.3. The second-order valence-electron chi connectivity index (χ2n) is 6.78.